The van der Waals surface area contributed by atoms with Crippen LogP contribution in [0.3, 0.4) is 0 Å². The zero-order chi connectivity index (χ0) is 25.4. The van der Waals surface area contributed by atoms with Crippen LogP contribution in [0.15, 0.2) is 6.33 Å². The Morgan fingerprint density at radius 2 is 2.14 bits per heavy atom. The molecule has 6 heterocycles. The summed E-state index contributed by atoms with van der Waals surface area (Å²) in [6, 6.07) is 4.69. The summed E-state index contributed by atoms with van der Waals surface area (Å²) >= 11 is 1.53. The van der Waals surface area contributed by atoms with E-state index in [4.69, 9.17) is 15.5 Å². The maximum atomic E-state index is 14.2. The van der Waals surface area contributed by atoms with Crippen LogP contribution in [-0.4, -0.2) is 68.9 Å². The van der Waals surface area contributed by atoms with E-state index in [1.54, 1.807) is 10.9 Å². The Morgan fingerprint density at radius 1 is 1.27 bits per heavy atom. The first-order chi connectivity index (χ1) is 17.9. The molecule has 10 nitrogen and oxygen atoms in total. The summed E-state index contributed by atoms with van der Waals surface area (Å²) < 4.78 is 22.1. The van der Waals surface area contributed by atoms with Crippen LogP contribution in [0.4, 0.5) is 15.2 Å². The highest BCUT2D eigenvalue weighted by atomic mass is 32.1. The number of nitrogens with two attached hydrogens (primary N) is 1. The van der Waals surface area contributed by atoms with Gasteiger partial charge in [0.2, 0.25) is 0 Å². The molecular formula is C25H26FN9OS. The lowest BCUT2D eigenvalue weighted by Crippen LogP contribution is -2.59. The van der Waals surface area contributed by atoms with Gasteiger partial charge in [-0.2, -0.15) is 20.5 Å². The molecule has 3 saturated heterocycles. The zero-order valence-electron chi connectivity index (χ0n) is 20.3. The van der Waals surface area contributed by atoms with Gasteiger partial charge in [0.1, 0.15) is 30.4 Å². The van der Waals surface area contributed by atoms with Crippen LogP contribution in [0.5, 0.6) is 6.01 Å². The Kier molecular flexibility index (Phi) is 4.91. The lowest BCUT2D eigenvalue weighted by molar-refractivity contribution is 0.107. The fourth-order valence-electron chi connectivity index (χ4n) is 7.01. The highest BCUT2D eigenvalue weighted by molar-refractivity contribution is 7.16. The summed E-state index contributed by atoms with van der Waals surface area (Å²) in [5.41, 5.74) is 8.60. The summed E-state index contributed by atoms with van der Waals surface area (Å²) in [4.78, 5) is 19.5. The molecule has 1 aliphatic carbocycles. The number of thiophene rings is 1. The van der Waals surface area contributed by atoms with Gasteiger partial charge in [0.15, 0.2) is 17.0 Å². The van der Waals surface area contributed by atoms with Crippen molar-refractivity contribution in [2.75, 3.05) is 43.4 Å². The number of fused-ring (bicyclic) bond motifs is 4. The van der Waals surface area contributed by atoms with E-state index >= 15 is 0 Å². The summed E-state index contributed by atoms with van der Waals surface area (Å²) in [6.07, 6.45) is 5.08. The van der Waals surface area contributed by atoms with E-state index < -0.39 is 6.17 Å². The minimum atomic E-state index is -0.835. The molecule has 3 aliphatic heterocycles. The standard InChI is InChI=1S/C25H26FN9OS/c26-15-8-25(3-1-6-35(25)10-15)13-36-23-31-21-19(30-14-33(21)7-5-27)22(32-23)34-11-24(12-34)4-2-17-18(24)16(9-28)20(29)37-17/h14-15H,1-4,6-8,10-13,29H2/t15-,25+/m1/s1. The first-order valence-corrected chi connectivity index (χ1v) is 13.5. The van der Waals surface area contributed by atoms with Gasteiger partial charge >= 0.3 is 6.01 Å². The van der Waals surface area contributed by atoms with Crippen molar-refractivity contribution < 1.29 is 9.13 Å². The van der Waals surface area contributed by atoms with Crippen molar-refractivity contribution in [3.8, 4) is 18.1 Å². The summed E-state index contributed by atoms with van der Waals surface area (Å²) in [5.74, 6) is 0.660. The van der Waals surface area contributed by atoms with E-state index in [1.165, 1.54) is 16.2 Å². The Labute approximate surface area is 217 Å². The molecular weight excluding hydrogens is 493 g/mol. The molecule has 0 radical (unpaired) electrons. The van der Waals surface area contributed by atoms with Crippen molar-refractivity contribution in [3.63, 3.8) is 0 Å². The van der Waals surface area contributed by atoms with Crippen molar-refractivity contribution in [1.82, 2.24) is 24.4 Å². The molecule has 0 unspecified atom stereocenters. The summed E-state index contributed by atoms with van der Waals surface area (Å²) in [5, 5.41) is 19.6. The smallest absolute Gasteiger partial charge is 0.320 e. The van der Waals surface area contributed by atoms with Gasteiger partial charge < -0.3 is 19.9 Å². The highest BCUT2D eigenvalue weighted by Gasteiger charge is 2.52. The topological polar surface area (TPSA) is 133 Å². The van der Waals surface area contributed by atoms with Gasteiger partial charge in [-0.3, -0.25) is 4.90 Å². The Hall–Kier alpha value is -3.48. The van der Waals surface area contributed by atoms with Crippen molar-refractivity contribution >= 4 is 33.3 Å². The molecule has 2 atom stereocenters. The Morgan fingerprint density at radius 3 is 2.95 bits per heavy atom. The molecule has 190 valence electrons. The molecule has 0 bridgehead atoms. The van der Waals surface area contributed by atoms with E-state index in [9.17, 15) is 14.9 Å². The fraction of sp³-hybridized carbons (Fsp3) is 0.560. The van der Waals surface area contributed by atoms with Gasteiger partial charge in [-0.1, -0.05) is 0 Å². The monoisotopic (exact) mass is 519 g/mol. The predicted molar refractivity (Wildman–Crippen MR) is 135 cm³/mol. The maximum absolute atomic E-state index is 14.2. The number of halogens is 1. The molecule has 12 heteroatoms. The van der Waals surface area contributed by atoms with Gasteiger partial charge in [-0.15, -0.1) is 11.3 Å². The molecule has 0 saturated carbocycles. The van der Waals surface area contributed by atoms with Crippen LogP contribution in [-0.2, 0) is 18.4 Å². The third-order valence-corrected chi connectivity index (χ3v) is 9.74. The lowest BCUT2D eigenvalue weighted by Gasteiger charge is -2.49. The third kappa shape index (κ3) is 3.25. The largest absolute Gasteiger partial charge is 0.461 e. The van der Waals surface area contributed by atoms with Gasteiger partial charge in [-0.25, -0.2) is 9.37 Å². The molecule has 2 N–H and O–H groups in total. The Balaban J connectivity index is 1.21. The second-order valence-corrected chi connectivity index (χ2v) is 11.9. The van der Waals surface area contributed by atoms with Crippen molar-refractivity contribution in [2.24, 2.45) is 0 Å². The van der Waals surface area contributed by atoms with E-state index in [1.807, 2.05) is 0 Å². The van der Waals surface area contributed by atoms with Crippen LogP contribution in [0, 0.1) is 22.7 Å². The Bertz CT molecular complexity index is 1500. The number of nitrogens with zero attached hydrogens (tertiary/aromatic N) is 8. The van der Waals surface area contributed by atoms with Crippen LogP contribution in [0.2, 0.25) is 0 Å². The number of hydrogen-bond donors (Lipinski definition) is 1. The molecule has 3 aromatic heterocycles. The first-order valence-electron chi connectivity index (χ1n) is 12.6. The maximum Gasteiger partial charge on any atom is 0.320 e. The number of aryl methyl sites for hydroxylation is 1. The number of aromatic nitrogens is 4. The average Bonchev–Trinajstić information content (AvgIpc) is 3.63. The van der Waals surface area contributed by atoms with E-state index in [-0.39, 0.29) is 23.5 Å². The normalized spacial score (nSPS) is 25.7. The van der Waals surface area contributed by atoms with E-state index in [0.29, 0.717) is 60.2 Å². The minimum Gasteiger partial charge on any atom is -0.461 e. The number of alkyl halides is 1. The quantitative estimate of drug-likeness (QED) is 0.540. The molecule has 0 amide bonds. The van der Waals surface area contributed by atoms with Crippen LogP contribution in [0.25, 0.3) is 11.2 Å². The fourth-order valence-corrected chi connectivity index (χ4v) is 8.15. The number of ether oxygens (including phenoxy) is 1. The molecule has 37 heavy (non-hydrogen) atoms. The zero-order valence-corrected chi connectivity index (χ0v) is 21.1. The van der Waals surface area contributed by atoms with Crippen LogP contribution < -0.4 is 15.4 Å². The predicted octanol–water partition coefficient (Wildman–Crippen LogP) is 2.52. The number of nitrogen functional groups attached to an aromatic ring is 1. The summed E-state index contributed by atoms with van der Waals surface area (Å²) in [6.45, 7) is 3.18. The number of nitriles is 2. The van der Waals surface area contributed by atoms with Crippen LogP contribution in [0.1, 0.15) is 41.7 Å². The molecule has 3 aromatic rings. The van der Waals surface area contributed by atoms with Crippen molar-refractivity contribution in [2.45, 2.75) is 55.8 Å². The van der Waals surface area contributed by atoms with Gasteiger partial charge in [-0.05, 0) is 37.8 Å². The van der Waals surface area contributed by atoms with Crippen molar-refractivity contribution in [1.29, 1.82) is 10.5 Å². The summed E-state index contributed by atoms with van der Waals surface area (Å²) in [7, 11) is 0. The van der Waals surface area contributed by atoms with Gasteiger partial charge in [0, 0.05) is 36.3 Å². The second kappa shape index (κ2) is 8.01. The molecule has 0 aromatic carbocycles. The molecule has 1 spiro atoms. The highest BCUT2D eigenvalue weighted by Crippen LogP contribution is 2.52. The minimum absolute atomic E-state index is 0.112. The third-order valence-electron chi connectivity index (χ3n) is 8.66. The molecule has 4 aliphatic rings. The van der Waals surface area contributed by atoms with Crippen LogP contribution >= 0.6 is 11.3 Å². The second-order valence-electron chi connectivity index (χ2n) is 10.8. The average molecular weight is 520 g/mol. The van der Waals surface area contributed by atoms with Gasteiger partial charge in [0.05, 0.1) is 23.5 Å². The number of imidazole rings is 1. The van der Waals surface area contributed by atoms with E-state index in [0.717, 1.165) is 37.8 Å². The van der Waals surface area contributed by atoms with Crippen molar-refractivity contribution in [3.05, 3.63) is 22.3 Å². The van der Waals surface area contributed by atoms with E-state index in [2.05, 4.69) is 31.9 Å². The number of hydrogen-bond acceptors (Lipinski definition) is 10. The molecule has 7 rings (SSSR count). The molecule has 3 fully saturated rings. The number of anilines is 2. The lowest BCUT2D eigenvalue weighted by atomic mass is 9.74. The number of rotatable bonds is 5. The first kappa shape index (κ1) is 22.7. The SMILES string of the molecule is N#CCn1cnc2c(N3CC4(CCc5sc(N)c(C#N)c54)C3)nc(OC[C@@]34CCCN3C[C@H](F)C4)nc21. The van der Waals surface area contributed by atoms with Gasteiger partial charge in [0.25, 0.3) is 0 Å².